The standard InChI is InChI=1S/C19H33N3O3S/c1-15(2)10-12-25-18-9-7-6-8-17(18)14-21-19(20-4)22-16(3)11-13-26(5,23)24/h6-9,15-16H,10-14H2,1-5H3,(H2,20,21,22). The summed E-state index contributed by atoms with van der Waals surface area (Å²) in [6.07, 6.45) is 2.81. The van der Waals surface area contributed by atoms with Gasteiger partial charge in [-0.3, -0.25) is 4.99 Å². The first-order valence-electron chi connectivity index (χ1n) is 9.07. The fraction of sp³-hybridized carbons (Fsp3) is 0.632. The van der Waals surface area contributed by atoms with Gasteiger partial charge in [0, 0.05) is 31.5 Å². The number of benzene rings is 1. The maximum absolute atomic E-state index is 11.3. The average molecular weight is 384 g/mol. The summed E-state index contributed by atoms with van der Waals surface area (Å²) in [5.41, 5.74) is 1.06. The zero-order valence-electron chi connectivity index (χ0n) is 16.6. The molecule has 0 bridgehead atoms. The molecule has 6 nitrogen and oxygen atoms in total. The predicted octanol–water partition coefficient (Wildman–Crippen LogP) is 2.60. The molecule has 0 aliphatic heterocycles. The van der Waals surface area contributed by atoms with Crippen LogP contribution in [-0.2, 0) is 16.4 Å². The van der Waals surface area contributed by atoms with E-state index < -0.39 is 9.84 Å². The number of hydrogen-bond donors (Lipinski definition) is 2. The topological polar surface area (TPSA) is 79.8 Å². The van der Waals surface area contributed by atoms with Crippen molar-refractivity contribution in [1.29, 1.82) is 0 Å². The van der Waals surface area contributed by atoms with Crippen LogP contribution in [0.3, 0.4) is 0 Å². The Morgan fingerprint density at radius 3 is 2.50 bits per heavy atom. The molecular formula is C19H33N3O3S. The minimum absolute atomic E-state index is 0.00783. The van der Waals surface area contributed by atoms with Crippen molar-refractivity contribution in [2.45, 2.75) is 46.2 Å². The third-order valence-electron chi connectivity index (χ3n) is 3.90. The maximum Gasteiger partial charge on any atom is 0.191 e. The lowest BCUT2D eigenvalue weighted by Crippen LogP contribution is -2.42. The van der Waals surface area contributed by atoms with E-state index in [4.69, 9.17) is 4.74 Å². The van der Waals surface area contributed by atoms with Crippen LogP contribution in [0.25, 0.3) is 0 Å². The summed E-state index contributed by atoms with van der Waals surface area (Å²) in [4.78, 5) is 4.21. The van der Waals surface area contributed by atoms with Crippen molar-refractivity contribution in [2.75, 3.05) is 25.7 Å². The second-order valence-electron chi connectivity index (χ2n) is 7.03. The number of sulfone groups is 1. The molecule has 0 aliphatic rings. The summed E-state index contributed by atoms with van der Waals surface area (Å²) >= 11 is 0. The molecule has 0 radical (unpaired) electrons. The van der Waals surface area contributed by atoms with Gasteiger partial charge in [0.1, 0.15) is 15.6 Å². The van der Waals surface area contributed by atoms with E-state index in [2.05, 4.69) is 29.5 Å². The highest BCUT2D eigenvalue weighted by Crippen LogP contribution is 2.18. The largest absolute Gasteiger partial charge is 0.493 e. The van der Waals surface area contributed by atoms with Gasteiger partial charge in [-0.2, -0.15) is 0 Å². The minimum atomic E-state index is -2.95. The van der Waals surface area contributed by atoms with E-state index in [1.807, 2.05) is 31.2 Å². The lowest BCUT2D eigenvalue weighted by Gasteiger charge is -2.18. The first kappa shape index (κ1) is 22.3. The molecule has 2 N–H and O–H groups in total. The number of nitrogens with zero attached hydrogens (tertiary/aromatic N) is 1. The molecule has 0 amide bonds. The number of aliphatic imine (C=N–C) groups is 1. The molecule has 0 saturated carbocycles. The number of para-hydroxylation sites is 1. The van der Waals surface area contributed by atoms with Crippen molar-refractivity contribution in [3.05, 3.63) is 29.8 Å². The third-order valence-corrected chi connectivity index (χ3v) is 4.88. The van der Waals surface area contributed by atoms with Crippen LogP contribution in [0, 0.1) is 5.92 Å². The van der Waals surface area contributed by atoms with Crippen molar-refractivity contribution >= 4 is 15.8 Å². The molecule has 0 saturated heterocycles. The molecule has 0 spiro atoms. The summed E-state index contributed by atoms with van der Waals surface area (Å²) in [5, 5.41) is 6.48. The highest BCUT2D eigenvalue weighted by atomic mass is 32.2. The summed E-state index contributed by atoms with van der Waals surface area (Å²) < 4.78 is 28.5. The number of rotatable bonds is 10. The Labute approximate surface area is 158 Å². The third kappa shape index (κ3) is 9.65. The van der Waals surface area contributed by atoms with Gasteiger partial charge in [0.15, 0.2) is 5.96 Å². The Balaban J connectivity index is 2.55. The summed E-state index contributed by atoms with van der Waals surface area (Å²) in [5.74, 6) is 2.28. The molecular weight excluding hydrogens is 350 g/mol. The Morgan fingerprint density at radius 2 is 1.88 bits per heavy atom. The summed E-state index contributed by atoms with van der Waals surface area (Å²) in [6, 6.07) is 7.96. The van der Waals surface area contributed by atoms with Crippen molar-refractivity contribution < 1.29 is 13.2 Å². The second kappa shape index (κ2) is 11.1. The molecule has 0 aromatic heterocycles. The molecule has 1 atom stereocenters. The van der Waals surface area contributed by atoms with E-state index in [1.165, 1.54) is 6.26 Å². The van der Waals surface area contributed by atoms with Crippen molar-refractivity contribution in [1.82, 2.24) is 10.6 Å². The summed E-state index contributed by atoms with van der Waals surface area (Å²) in [6.45, 7) is 7.58. The SMILES string of the molecule is CN=C(NCc1ccccc1OCCC(C)C)NC(C)CCS(C)(=O)=O. The van der Waals surface area contributed by atoms with Crippen LogP contribution in [0.15, 0.2) is 29.3 Å². The molecule has 26 heavy (non-hydrogen) atoms. The first-order chi connectivity index (χ1) is 12.2. The van der Waals surface area contributed by atoms with Crippen molar-refractivity contribution in [3.63, 3.8) is 0 Å². The highest BCUT2D eigenvalue weighted by molar-refractivity contribution is 7.90. The molecule has 0 fully saturated rings. The number of nitrogens with one attached hydrogen (secondary N) is 2. The first-order valence-corrected chi connectivity index (χ1v) is 11.1. The van der Waals surface area contributed by atoms with Crippen LogP contribution in [-0.4, -0.2) is 46.1 Å². The van der Waals surface area contributed by atoms with Crippen LogP contribution in [0.4, 0.5) is 0 Å². The van der Waals surface area contributed by atoms with E-state index in [0.717, 1.165) is 17.7 Å². The zero-order valence-corrected chi connectivity index (χ0v) is 17.4. The molecule has 1 aromatic carbocycles. The molecule has 7 heteroatoms. The number of ether oxygens (including phenoxy) is 1. The van der Waals surface area contributed by atoms with Gasteiger partial charge in [0.2, 0.25) is 0 Å². The molecule has 1 unspecified atom stereocenters. The van der Waals surface area contributed by atoms with Crippen LogP contribution in [0.1, 0.15) is 39.2 Å². The Morgan fingerprint density at radius 1 is 1.19 bits per heavy atom. The van der Waals surface area contributed by atoms with Gasteiger partial charge in [-0.1, -0.05) is 32.0 Å². The van der Waals surface area contributed by atoms with Gasteiger partial charge in [-0.15, -0.1) is 0 Å². The Hall–Kier alpha value is -1.76. The Kier molecular flexibility index (Phi) is 9.48. The van der Waals surface area contributed by atoms with Gasteiger partial charge in [-0.05, 0) is 31.7 Å². The normalized spacial score (nSPS) is 13.5. The average Bonchev–Trinajstić information content (AvgIpc) is 2.57. The zero-order chi connectivity index (χ0) is 19.6. The monoisotopic (exact) mass is 383 g/mol. The maximum atomic E-state index is 11.3. The van der Waals surface area contributed by atoms with E-state index in [1.54, 1.807) is 7.05 Å². The Bertz CT molecular complexity index is 672. The van der Waals surface area contributed by atoms with Crippen LogP contribution in [0.2, 0.25) is 0 Å². The van der Waals surface area contributed by atoms with Crippen molar-refractivity contribution in [2.24, 2.45) is 10.9 Å². The van der Waals surface area contributed by atoms with Gasteiger partial charge in [0.05, 0.1) is 12.4 Å². The van der Waals surface area contributed by atoms with E-state index >= 15 is 0 Å². The molecule has 0 heterocycles. The van der Waals surface area contributed by atoms with E-state index in [9.17, 15) is 8.42 Å². The lowest BCUT2D eigenvalue weighted by atomic mass is 10.1. The van der Waals surface area contributed by atoms with Gasteiger partial charge >= 0.3 is 0 Å². The molecule has 1 aromatic rings. The second-order valence-corrected chi connectivity index (χ2v) is 9.29. The number of guanidine groups is 1. The van der Waals surface area contributed by atoms with Crippen LogP contribution >= 0.6 is 0 Å². The van der Waals surface area contributed by atoms with E-state index in [0.29, 0.717) is 31.4 Å². The quantitative estimate of drug-likeness (QED) is 0.479. The van der Waals surface area contributed by atoms with Crippen LogP contribution < -0.4 is 15.4 Å². The summed E-state index contributed by atoms with van der Waals surface area (Å²) in [7, 11) is -1.26. The van der Waals surface area contributed by atoms with E-state index in [-0.39, 0.29) is 11.8 Å². The van der Waals surface area contributed by atoms with Gasteiger partial charge < -0.3 is 15.4 Å². The fourth-order valence-corrected chi connectivity index (χ4v) is 3.05. The lowest BCUT2D eigenvalue weighted by molar-refractivity contribution is 0.286. The van der Waals surface area contributed by atoms with Crippen LogP contribution in [0.5, 0.6) is 5.75 Å². The molecule has 0 aliphatic carbocycles. The van der Waals surface area contributed by atoms with Gasteiger partial charge in [-0.25, -0.2) is 8.42 Å². The van der Waals surface area contributed by atoms with Gasteiger partial charge in [0.25, 0.3) is 0 Å². The molecule has 1 rings (SSSR count). The smallest absolute Gasteiger partial charge is 0.191 e. The van der Waals surface area contributed by atoms with Crippen molar-refractivity contribution in [3.8, 4) is 5.75 Å². The number of hydrogen-bond acceptors (Lipinski definition) is 4. The highest BCUT2D eigenvalue weighted by Gasteiger charge is 2.10. The predicted molar refractivity (Wildman–Crippen MR) is 109 cm³/mol. The minimum Gasteiger partial charge on any atom is -0.493 e. The fourth-order valence-electron chi connectivity index (χ4n) is 2.27. The molecule has 148 valence electrons.